The summed E-state index contributed by atoms with van der Waals surface area (Å²) in [6.45, 7) is 7.96. The molecule has 7 nitrogen and oxygen atoms in total. The molecule has 4 rings (SSSR count). The molecule has 1 fully saturated rings. The van der Waals surface area contributed by atoms with Crippen LogP contribution in [0.2, 0.25) is 5.02 Å². The Morgan fingerprint density at radius 2 is 1.71 bits per heavy atom. The highest BCUT2D eigenvalue weighted by Crippen LogP contribution is 2.32. The molecule has 160 valence electrons. The van der Waals surface area contributed by atoms with E-state index < -0.39 is 11.6 Å². The van der Waals surface area contributed by atoms with Crippen LogP contribution in [0.4, 0.5) is 4.79 Å². The van der Waals surface area contributed by atoms with Gasteiger partial charge >= 0.3 is 6.03 Å². The molecule has 0 aliphatic carbocycles. The van der Waals surface area contributed by atoms with Gasteiger partial charge in [-0.25, -0.2) is 4.79 Å². The average Bonchev–Trinajstić information content (AvgIpc) is 3.27. The lowest BCUT2D eigenvalue weighted by atomic mass is 9.84. The number of aromatic nitrogens is 2. The van der Waals surface area contributed by atoms with Crippen molar-refractivity contribution in [2.24, 2.45) is 0 Å². The zero-order valence-electron chi connectivity index (χ0n) is 17.8. The molecule has 1 unspecified atom stereocenters. The first-order chi connectivity index (χ1) is 14.6. The van der Waals surface area contributed by atoms with Crippen LogP contribution in [0.1, 0.15) is 44.7 Å². The predicted octanol–water partition coefficient (Wildman–Crippen LogP) is 4.65. The summed E-state index contributed by atoms with van der Waals surface area (Å²) in [5.41, 5.74) is 1.42. The number of benzene rings is 2. The van der Waals surface area contributed by atoms with Crippen molar-refractivity contribution >= 4 is 23.5 Å². The van der Waals surface area contributed by atoms with Crippen molar-refractivity contribution in [3.8, 4) is 11.4 Å². The highest BCUT2D eigenvalue weighted by Gasteiger charge is 2.49. The summed E-state index contributed by atoms with van der Waals surface area (Å²) in [5.74, 6) is 0.160. The van der Waals surface area contributed by atoms with E-state index in [2.05, 4.69) is 36.2 Å². The van der Waals surface area contributed by atoms with Crippen molar-refractivity contribution in [3.63, 3.8) is 0 Å². The van der Waals surface area contributed by atoms with Crippen molar-refractivity contribution < 1.29 is 14.1 Å². The van der Waals surface area contributed by atoms with Crippen LogP contribution in [0.5, 0.6) is 0 Å². The van der Waals surface area contributed by atoms with Crippen molar-refractivity contribution in [1.82, 2.24) is 20.4 Å². The van der Waals surface area contributed by atoms with Gasteiger partial charge in [-0.15, -0.1) is 0 Å². The molecular weight excluding hydrogens is 416 g/mol. The molecule has 1 atom stereocenters. The van der Waals surface area contributed by atoms with Gasteiger partial charge in [0.2, 0.25) is 11.7 Å². The van der Waals surface area contributed by atoms with E-state index >= 15 is 0 Å². The normalized spacial score (nSPS) is 19.1. The Kier molecular flexibility index (Phi) is 5.09. The largest absolute Gasteiger partial charge is 0.337 e. The summed E-state index contributed by atoms with van der Waals surface area (Å²) in [4.78, 5) is 31.2. The SMILES string of the molecule is CC(C)(C)c1ccc(C2(C)NC(=O)N(Cc3nc(-c4ccc(Cl)cc4)no3)C2=O)cc1. The van der Waals surface area contributed by atoms with Crippen molar-refractivity contribution in [2.75, 3.05) is 0 Å². The second kappa shape index (κ2) is 7.50. The number of rotatable bonds is 4. The third-order valence-corrected chi connectivity index (χ3v) is 5.72. The van der Waals surface area contributed by atoms with E-state index in [1.54, 1.807) is 31.2 Å². The Morgan fingerprint density at radius 1 is 1.06 bits per heavy atom. The van der Waals surface area contributed by atoms with Crippen LogP contribution in [-0.2, 0) is 22.3 Å². The van der Waals surface area contributed by atoms with Gasteiger partial charge in [-0.1, -0.05) is 61.8 Å². The molecule has 2 aromatic carbocycles. The number of carbonyl (C=O) groups excluding carboxylic acids is 2. The summed E-state index contributed by atoms with van der Waals surface area (Å²) in [6, 6.07) is 14.2. The zero-order chi connectivity index (χ0) is 22.4. The predicted molar refractivity (Wildman–Crippen MR) is 116 cm³/mol. The third kappa shape index (κ3) is 3.93. The molecule has 0 bridgehead atoms. The molecular formula is C23H23ClN4O3. The molecule has 0 saturated carbocycles. The van der Waals surface area contributed by atoms with E-state index in [1.807, 2.05) is 24.3 Å². The highest BCUT2D eigenvalue weighted by molar-refractivity contribution is 6.30. The van der Waals surface area contributed by atoms with Crippen molar-refractivity contribution in [2.45, 2.75) is 45.2 Å². The Balaban J connectivity index is 1.54. The number of hydrogen-bond acceptors (Lipinski definition) is 5. The summed E-state index contributed by atoms with van der Waals surface area (Å²) in [5, 5.41) is 7.34. The summed E-state index contributed by atoms with van der Waals surface area (Å²) in [7, 11) is 0. The number of amides is 3. The maximum atomic E-state index is 13.2. The maximum absolute atomic E-state index is 13.2. The second-order valence-corrected chi connectivity index (χ2v) is 9.23. The average molecular weight is 439 g/mol. The smallest absolute Gasteiger partial charge is 0.325 e. The topological polar surface area (TPSA) is 88.3 Å². The molecule has 8 heteroatoms. The minimum atomic E-state index is -1.16. The standard InChI is InChI=1S/C23H23ClN4O3/c1-22(2,3)15-7-9-16(10-8-15)23(4)20(29)28(21(30)26-23)13-18-25-19(27-31-18)14-5-11-17(24)12-6-14/h5-12H,13H2,1-4H3,(H,26,30). The van der Waals surface area contributed by atoms with E-state index in [4.69, 9.17) is 16.1 Å². The number of nitrogens with zero attached hydrogens (tertiary/aromatic N) is 3. The van der Waals surface area contributed by atoms with Gasteiger partial charge in [-0.05, 0) is 47.7 Å². The number of nitrogens with one attached hydrogen (secondary N) is 1. The minimum absolute atomic E-state index is 0.00580. The molecule has 3 aromatic rings. The van der Waals surface area contributed by atoms with E-state index in [-0.39, 0.29) is 23.8 Å². The molecule has 0 radical (unpaired) electrons. The Hall–Kier alpha value is -3.19. The number of urea groups is 1. The summed E-state index contributed by atoms with van der Waals surface area (Å²) < 4.78 is 5.27. The van der Waals surface area contributed by atoms with Gasteiger partial charge in [-0.2, -0.15) is 4.98 Å². The number of hydrogen-bond donors (Lipinski definition) is 1. The van der Waals surface area contributed by atoms with Crippen LogP contribution in [0.25, 0.3) is 11.4 Å². The third-order valence-electron chi connectivity index (χ3n) is 5.47. The Bertz CT molecular complexity index is 1130. The molecule has 31 heavy (non-hydrogen) atoms. The van der Waals surface area contributed by atoms with Gasteiger partial charge in [0, 0.05) is 10.6 Å². The molecule has 1 aromatic heterocycles. The monoisotopic (exact) mass is 438 g/mol. The van der Waals surface area contributed by atoms with Gasteiger partial charge in [0.05, 0.1) is 0 Å². The van der Waals surface area contributed by atoms with Crippen LogP contribution < -0.4 is 5.32 Å². The first kappa shape index (κ1) is 21.1. The Labute approximate surface area is 185 Å². The molecule has 1 aliphatic rings. The second-order valence-electron chi connectivity index (χ2n) is 8.79. The molecule has 2 heterocycles. The van der Waals surface area contributed by atoms with E-state index in [0.717, 1.165) is 16.0 Å². The van der Waals surface area contributed by atoms with Gasteiger partial charge < -0.3 is 9.84 Å². The number of carbonyl (C=O) groups is 2. The quantitative estimate of drug-likeness (QED) is 0.599. The van der Waals surface area contributed by atoms with Crippen molar-refractivity contribution in [1.29, 1.82) is 0 Å². The van der Waals surface area contributed by atoms with Gasteiger partial charge in [-0.3, -0.25) is 9.69 Å². The summed E-state index contributed by atoms with van der Waals surface area (Å²) in [6.07, 6.45) is 0. The van der Waals surface area contributed by atoms with Gasteiger partial charge in [0.25, 0.3) is 5.91 Å². The number of halogens is 1. The minimum Gasteiger partial charge on any atom is -0.337 e. The Morgan fingerprint density at radius 3 is 2.32 bits per heavy atom. The van der Waals surface area contributed by atoms with Gasteiger partial charge in [0.1, 0.15) is 12.1 Å². The lowest BCUT2D eigenvalue weighted by Crippen LogP contribution is -2.40. The van der Waals surface area contributed by atoms with Crippen LogP contribution in [-0.4, -0.2) is 27.0 Å². The maximum Gasteiger partial charge on any atom is 0.325 e. The van der Waals surface area contributed by atoms with E-state index in [9.17, 15) is 9.59 Å². The molecule has 1 aliphatic heterocycles. The van der Waals surface area contributed by atoms with Crippen LogP contribution in [0.15, 0.2) is 53.1 Å². The van der Waals surface area contributed by atoms with Crippen LogP contribution in [0.3, 0.4) is 0 Å². The summed E-state index contributed by atoms with van der Waals surface area (Å²) >= 11 is 5.90. The number of imide groups is 1. The molecule has 1 N–H and O–H groups in total. The van der Waals surface area contributed by atoms with Crippen LogP contribution in [0, 0.1) is 0 Å². The van der Waals surface area contributed by atoms with E-state index in [0.29, 0.717) is 16.4 Å². The zero-order valence-corrected chi connectivity index (χ0v) is 18.5. The fourth-order valence-electron chi connectivity index (χ4n) is 3.51. The van der Waals surface area contributed by atoms with Gasteiger partial charge in [0.15, 0.2) is 0 Å². The molecule has 3 amide bonds. The lowest BCUT2D eigenvalue weighted by molar-refractivity contribution is -0.131. The van der Waals surface area contributed by atoms with Crippen molar-refractivity contribution in [3.05, 3.63) is 70.6 Å². The first-order valence-corrected chi connectivity index (χ1v) is 10.3. The highest BCUT2D eigenvalue weighted by atomic mass is 35.5. The first-order valence-electron chi connectivity index (χ1n) is 9.91. The van der Waals surface area contributed by atoms with E-state index in [1.165, 1.54) is 0 Å². The van der Waals surface area contributed by atoms with Crippen LogP contribution >= 0.6 is 11.6 Å². The fourth-order valence-corrected chi connectivity index (χ4v) is 3.64. The molecule has 0 spiro atoms. The molecule has 1 saturated heterocycles. The fraction of sp³-hybridized carbons (Fsp3) is 0.304. The lowest BCUT2D eigenvalue weighted by Gasteiger charge is -2.24.